The van der Waals surface area contributed by atoms with E-state index in [0.717, 1.165) is 48.6 Å². The second kappa shape index (κ2) is 7.85. The van der Waals surface area contributed by atoms with Gasteiger partial charge in [0.1, 0.15) is 5.75 Å². The molecular weight excluding hydrogens is 390 g/mol. The minimum atomic E-state index is 0.0810. The highest BCUT2D eigenvalue weighted by atomic mass is 16.3. The van der Waals surface area contributed by atoms with E-state index in [-0.39, 0.29) is 11.7 Å². The van der Waals surface area contributed by atoms with Gasteiger partial charge in [-0.25, -0.2) is 9.97 Å². The van der Waals surface area contributed by atoms with E-state index in [0.29, 0.717) is 11.3 Å². The van der Waals surface area contributed by atoms with Crippen molar-refractivity contribution in [2.24, 2.45) is 0 Å². The quantitative estimate of drug-likeness (QED) is 0.559. The fraction of sp³-hybridized carbons (Fsp3) is 0.208. The fourth-order valence-electron chi connectivity index (χ4n) is 3.87. The highest BCUT2D eigenvalue weighted by Gasteiger charge is 2.20. The van der Waals surface area contributed by atoms with Crippen molar-refractivity contribution >= 4 is 11.7 Å². The minimum absolute atomic E-state index is 0.0810. The first-order valence-corrected chi connectivity index (χ1v) is 10.3. The van der Waals surface area contributed by atoms with Crippen molar-refractivity contribution in [3.8, 4) is 28.1 Å². The predicted molar refractivity (Wildman–Crippen MR) is 119 cm³/mol. The average Bonchev–Trinajstić information content (AvgIpc) is 3.23. The lowest BCUT2D eigenvalue weighted by Gasteiger charge is -2.32. The Hall–Kier alpha value is -3.71. The Bertz CT molecular complexity index is 1220. The number of fused-ring (bicyclic) bond motifs is 1. The number of rotatable bonds is 3. The summed E-state index contributed by atoms with van der Waals surface area (Å²) in [6.45, 7) is 3.34. The summed E-state index contributed by atoms with van der Waals surface area (Å²) >= 11 is 0. The number of aromatic hydroxyl groups is 1. The Morgan fingerprint density at radius 1 is 0.839 bits per heavy atom. The van der Waals surface area contributed by atoms with E-state index in [1.807, 2.05) is 51.9 Å². The van der Waals surface area contributed by atoms with E-state index in [1.54, 1.807) is 24.5 Å². The molecule has 1 saturated heterocycles. The van der Waals surface area contributed by atoms with Gasteiger partial charge in [-0.1, -0.05) is 12.1 Å². The van der Waals surface area contributed by atoms with Gasteiger partial charge >= 0.3 is 0 Å². The Morgan fingerprint density at radius 3 is 2.19 bits per heavy atom. The van der Waals surface area contributed by atoms with Gasteiger partial charge in [0.2, 0.25) is 5.78 Å². The lowest BCUT2D eigenvalue weighted by Crippen LogP contribution is -2.47. The Morgan fingerprint density at radius 2 is 1.48 bits per heavy atom. The molecule has 0 bridgehead atoms. The first-order chi connectivity index (χ1) is 15.1. The SMILES string of the molecule is CN1CCN(C(=O)c2ccc(-c3cnc4ncc(-c5ccc(O)cc5)n4c3)cc2)CC1. The summed E-state index contributed by atoms with van der Waals surface area (Å²) in [5.74, 6) is 0.911. The van der Waals surface area contributed by atoms with Gasteiger partial charge in [0.25, 0.3) is 5.91 Å². The lowest BCUT2D eigenvalue weighted by atomic mass is 10.1. The molecule has 0 radical (unpaired) electrons. The molecule has 1 N–H and O–H groups in total. The van der Waals surface area contributed by atoms with Crippen LogP contribution in [0.4, 0.5) is 0 Å². The maximum atomic E-state index is 12.8. The monoisotopic (exact) mass is 413 g/mol. The van der Waals surface area contributed by atoms with Gasteiger partial charge in [-0.15, -0.1) is 0 Å². The number of benzene rings is 2. The van der Waals surface area contributed by atoms with Gasteiger partial charge in [0.15, 0.2) is 0 Å². The number of piperazine rings is 1. The Balaban J connectivity index is 1.42. The summed E-state index contributed by atoms with van der Waals surface area (Å²) in [6.07, 6.45) is 5.56. The number of imidazole rings is 1. The molecule has 0 atom stereocenters. The van der Waals surface area contributed by atoms with Crippen LogP contribution in [0.1, 0.15) is 10.4 Å². The van der Waals surface area contributed by atoms with Crippen LogP contribution in [0.25, 0.3) is 28.2 Å². The molecule has 2 aromatic carbocycles. The zero-order valence-corrected chi connectivity index (χ0v) is 17.3. The molecule has 0 unspecified atom stereocenters. The van der Waals surface area contributed by atoms with Gasteiger partial charge in [-0.05, 0) is 49.0 Å². The number of amides is 1. The van der Waals surface area contributed by atoms with Gasteiger partial charge in [-0.2, -0.15) is 0 Å². The number of phenolic OH excluding ortho intramolecular Hbond substituents is 1. The van der Waals surface area contributed by atoms with Gasteiger partial charge in [0.05, 0.1) is 11.9 Å². The van der Waals surface area contributed by atoms with Gasteiger partial charge in [0, 0.05) is 55.3 Å². The summed E-state index contributed by atoms with van der Waals surface area (Å²) in [7, 11) is 2.08. The summed E-state index contributed by atoms with van der Waals surface area (Å²) in [5.41, 5.74) is 4.46. The molecule has 1 aliphatic heterocycles. The number of likely N-dealkylation sites (N-methyl/N-ethyl adjacent to an activating group) is 1. The van der Waals surface area contributed by atoms with Gasteiger partial charge < -0.3 is 14.9 Å². The van der Waals surface area contributed by atoms with E-state index in [4.69, 9.17) is 0 Å². The van der Waals surface area contributed by atoms with Crippen molar-refractivity contribution in [3.63, 3.8) is 0 Å². The molecule has 5 rings (SSSR count). The number of carbonyl (C=O) groups excluding carboxylic acids is 1. The first-order valence-electron chi connectivity index (χ1n) is 10.3. The number of phenols is 1. The molecule has 1 aliphatic rings. The van der Waals surface area contributed by atoms with Crippen molar-refractivity contribution < 1.29 is 9.90 Å². The van der Waals surface area contributed by atoms with E-state index < -0.39 is 0 Å². The van der Waals surface area contributed by atoms with Crippen molar-refractivity contribution in [2.45, 2.75) is 0 Å². The highest BCUT2D eigenvalue weighted by molar-refractivity contribution is 5.94. The molecule has 7 nitrogen and oxygen atoms in total. The Kier molecular flexibility index (Phi) is 4.88. The second-order valence-corrected chi connectivity index (χ2v) is 7.88. The van der Waals surface area contributed by atoms with Crippen LogP contribution in [0, 0.1) is 0 Å². The van der Waals surface area contributed by atoms with Crippen LogP contribution in [0.5, 0.6) is 5.75 Å². The predicted octanol–water partition coefficient (Wildman–Crippen LogP) is 3.16. The summed E-state index contributed by atoms with van der Waals surface area (Å²) < 4.78 is 1.94. The summed E-state index contributed by atoms with van der Waals surface area (Å²) in [5, 5.41) is 9.55. The molecule has 4 aromatic rings. The van der Waals surface area contributed by atoms with Crippen LogP contribution in [-0.4, -0.2) is 68.4 Å². The number of nitrogens with zero attached hydrogens (tertiary/aromatic N) is 5. The van der Waals surface area contributed by atoms with Crippen LogP contribution in [-0.2, 0) is 0 Å². The third kappa shape index (κ3) is 3.75. The number of aromatic nitrogens is 3. The molecule has 156 valence electrons. The summed E-state index contributed by atoms with van der Waals surface area (Å²) in [6, 6.07) is 14.7. The zero-order valence-electron chi connectivity index (χ0n) is 17.3. The van der Waals surface area contributed by atoms with Gasteiger partial charge in [-0.3, -0.25) is 9.20 Å². The van der Waals surface area contributed by atoms with Crippen LogP contribution < -0.4 is 0 Å². The molecule has 0 spiro atoms. The van der Waals surface area contributed by atoms with Crippen LogP contribution in [0.15, 0.2) is 67.1 Å². The standard InChI is InChI=1S/C24H23N5O2/c1-27-10-12-28(13-11-27)23(31)19-4-2-17(3-5-19)20-14-25-24-26-15-22(29(24)16-20)18-6-8-21(30)9-7-18/h2-9,14-16,30H,10-13H2,1H3. The normalized spacial score (nSPS) is 14.8. The highest BCUT2D eigenvalue weighted by Crippen LogP contribution is 2.25. The van der Waals surface area contributed by atoms with E-state index in [1.165, 1.54) is 0 Å². The van der Waals surface area contributed by atoms with Crippen molar-refractivity contribution in [1.82, 2.24) is 24.2 Å². The topological polar surface area (TPSA) is 74.0 Å². The number of hydrogen-bond donors (Lipinski definition) is 1. The minimum Gasteiger partial charge on any atom is -0.508 e. The third-order valence-corrected chi connectivity index (χ3v) is 5.78. The second-order valence-electron chi connectivity index (χ2n) is 7.88. The van der Waals surface area contributed by atoms with Crippen molar-refractivity contribution in [1.29, 1.82) is 0 Å². The number of hydrogen-bond acceptors (Lipinski definition) is 5. The van der Waals surface area contributed by atoms with E-state index >= 15 is 0 Å². The molecule has 0 saturated carbocycles. The Labute approximate surface area is 180 Å². The largest absolute Gasteiger partial charge is 0.508 e. The molecule has 7 heteroatoms. The van der Waals surface area contributed by atoms with Crippen LogP contribution in [0.3, 0.4) is 0 Å². The maximum absolute atomic E-state index is 12.8. The fourth-order valence-corrected chi connectivity index (χ4v) is 3.87. The zero-order chi connectivity index (χ0) is 21.4. The lowest BCUT2D eigenvalue weighted by molar-refractivity contribution is 0.0664. The maximum Gasteiger partial charge on any atom is 0.253 e. The average molecular weight is 413 g/mol. The van der Waals surface area contributed by atoms with Crippen molar-refractivity contribution in [2.75, 3.05) is 33.2 Å². The number of carbonyl (C=O) groups is 1. The van der Waals surface area contributed by atoms with Crippen LogP contribution in [0.2, 0.25) is 0 Å². The molecule has 1 fully saturated rings. The van der Waals surface area contributed by atoms with Crippen LogP contribution >= 0.6 is 0 Å². The molecule has 3 heterocycles. The molecule has 31 heavy (non-hydrogen) atoms. The van der Waals surface area contributed by atoms with E-state index in [9.17, 15) is 9.90 Å². The van der Waals surface area contributed by atoms with Crippen molar-refractivity contribution in [3.05, 3.63) is 72.7 Å². The van der Waals surface area contributed by atoms with E-state index in [2.05, 4.69) is 21.9 Å². The molecule has 0 aliphatic carbocycles. The summed E-state index contributed by atoms with van der Waals surface area (Å²) in [4.78, 5) is 25.8. The molecular formula is C24H23N5O2. The third-order valence-electron chi connectivity index (χ3n) is 5.78. The smallest absolute Gasteiger partial charge is 0.253 e. The molecule has 1 amide bonds. The molecule has 2 aromatic heterocycles. The first kappa shape index (κ1) is 19.3.